The number of amides is 1. The second kappa shape index (κ2) is 11.6. The third-order valence-electron chi connectivity index (χ3n) is 5.51. The van der Waals surface area contributed by atoms with E-state index < -0.39 is 12.1 Å². The Hall–Kier alpha value is -3.77. The van der Waals surface area contributed by atoms with Gasteiger partial charge in [-0.15, -0.1) is 6.42 Å². The first kappa shape index (κ1) is 25.8. The summed E-state index contributed by atoms with van der Waals surface area (Å²) in [7, 11) is 1.69. The summed E-state index contributed by atoms with van der Waals surface area (Å²) in [6.45, 7) is 6.73. The average Bonchev–Trinajstić information content (AvgIpc) is 3.62. The number of aromatic nitrogens is 4. The predicted octanol–water partition coefficient (Wildman–Crippen LogP) is 3.09. The monoisotopic (exact) mass is 477 g/mol. The van der Waals surface area contributed by atoms with Crippen molar-refractivity contribution >= 4 is 22.9 Å². The van der Waals surface area contributed by atoms with Crippen molar-refractivity contribution in [2.24, 2.45) is 0 Å². The minimum atomic E-state index is -0.722. The Kier molecular flexibility index (Phi) is 8.55. The van der Waals surface area contributed by atoms with Crippen molar-refractivity contribution in [1.82, 2.24) is 24.6 Å². The van der Waals surface area contributed by atoms with E-state index in [2.05, 4.69) is 21.0 Å². The largest absolute Gasteiger partial charge is 0.461 e. The summed E-state index contributed by atoms with van der Waals surface area (Å²) in [6.07, 6.45) is 9.22. The van der Waals surface area contributed by atoms with Crippen molar-refractivity contribution in [2.45, 2.75) is 52.1 Å². The van der Waals surface area contributed by atoms with Crippen LogP contribution in [0.25, 0.3) is 16.7 Å². The molecule has 3 heterocycles. The molecule has 1 N–H and O–H groups in total. The first-order chi connectivity index (χ1) is 16.9. The molecule has 2 fully saturated rings. The van der Waals surface area contributed by atoms with Crippen LogP contribution in [-0.2, 0) is 9.53 Å². The number of nitrogens with zero attached hydrogens (tertiary/aromatic N) is 5. The molecule has 184 valence electrons. The zero-order valence-corrected chi connectivity index (χ0v) is 20.6. The fourth-order valence-electron chi connectivity index (χ4n) is 3.52. The van der Waals surface area contributed by atoms with Gasteiger partial charge >= 0.3 is 5.97 Å². The van der Waals surface area contributed by atoms with Gasteiger partial charge in [-0.25, -0.2) is 19.4 Å². The van der Waals surface area contributed by atoms with E-state index in [0.29, 0.717) is 29.9 Å². The minimum absolute atomic E-state index is 0.148. The first-order valence-electron chi connectivity index (χ1n) is 11.9. The van der Waals surface area contributed by atoms with Crippen LogP contribution in [0.3, 0.4) is 0 Å². The van der Waals surface area contributed by atoms with Crippen molar-refractivity contribution in [2.75, 3.05) is 20.2 Å². The van der Waals surface area contributed by atoms with Gasteiger partial charge in [-0.1, -0.05) is 25.8 Å². The highest BCUT2D eigenvalue weighted by Crippen LogP contribution is 2.38. The number of fused-ring (bicyclic) bond motifs is 1. The Morgan fingerprint density at radius 3 is 2.57 bits per heavy atom. The smallest absolute Gasteiger partial charge is 0.359 e. The maximum absolute atomic E-state index is 12.3. The van der Waals surface area contributed by atoms with Crippen molar-refractivity contribution in [1.29, 1.82) is 0 Å². The molecular weight excluding hydrogens is 446 g/mol. The molecule has 1 aliphatic heterocycles. The van der Waals surface area contributed by atoms with Gasteiger partial charge in [-0.2, -0.15) is 5.10 Å². The maximum atomic E-state index is 12.3. The first-order valence-corrected chi connectivity index (χ1v) is 11.9. The van der Waals surface area contributed by atoms with Gasteiger partial charge in [-0.05, 0) is 44.4 Å². The van der Waals surface area contributed by atoms with Crippen molar-refractivity contribution in [3.63, 3.8) is 0 Å². The number of ether oxygens (including phenoxy) is 1. The number of benzene rings is 1. The number of rotatable bonds is 4. The second-order valence-corrected chi connectivity index (χ2v) is 7.98. The number of likely N-dealkylation sites (N-methyl/N-ethyl adjacent to an activating group) is 1. The van der Waals surface area contributed by atoms with Crippen LogP contribution in [-0.4, -0.2) is 67.9 Å². The SMILES string of the molecule is C#Cc1cccc(-n2nc(C(=O)OCC)c3cnc(C4CC4)nc32)c1.CC.CN1CCC(O)C1=O. The van der Waals surface area contributed by atoms with Gasteiger partial charge in [0.05, 0.1) is 17.7 Å². The Morgan fingerprint density at radius 1 is 1.29 bits per heavy atom. The van der Waals surface area contributed by atoms with Crippen LogP contribution in [0.4, 0.5) is 0 Å². The molecule has 3 aromatic rings. The minimum Gasteiger partial charge on any atom is -0.461 e. The van der Waals surface area contributed by atoms with E-state index in [9.17, 15) is 9.59 Å². The highest BCUT2D eigenvalue weighted by molar-refractivity contribution is 6.01. The van der Waals surface area contributed by atoms with Gasteiger partial charge < -0.3 is 14.7 Å². The lowest BCUT2D eigenvalue weighted by Crippen LogP contribution is -2.24. The van der Waals surface area contributed by atoms with Crippen LogP contribution < -0.4 is 0 Å². The van der Waals surface area contributed by atoms with Gasteiger partial charge in [0.25, 0.3) is 5.91 Å². The Bertz CT molecular complexity index is 1230. The molecule has 9 nitrogen and oxygen atoms in total. The summed E-state index contributed by atoms with van der Waals surface area (Å²) in [5, 5.41) is 13.8. The number of likely N-dealkylation sites (tertiary alicyclic amines) is 1. The summed E-state index contributed by atoms with van der Waals surface area (Å²) < 4.78 is 6.75. The highest BCUT2D eigenvalue weighted by atomic mass is 16.5. The number of esters is 1. The highest BCUT2D eigenvalue weighted by Gasteiger charge is 2.29. The molecule has 1 saturated heterocycles. The second-order valence-electron chi connectivity index (χ2n) is 7.98. The molecule has 1 amide bonds. The van der Waals surface area contributed by atoms with Gasteiger partial charge in [0, 0.05) is 31.3 Å². The van der Waals surface area contributed by atoms with E-state index >= 15 is 0 Å². The number of hydrogen-bond acceptors (Lipinski definition) is 7. The molecule has 1 saturated carbocycles. The van der Waals surface area contributed by atoms with Crippen LogP contribution in [0, 0.1) is 12.3 Å². The Labute approximate surface area is 205 Å². The van der Waals surface area contributed by atoms with Gasteiger partial charge in [0.15, 0.2) is 11.3 Å². The molecule has 1 unspecified atom stereocenters. The maximum Gasteiger partial charge on any atom is 0.359 e. The quantitative estimate of drug-likeness (QED) is 0.454. The normalized spacial score (nSPS) is 16.6. The molecule has 9 heteroatoms. The summed E-state index contributed by atoms with van der Waals surface area (Å²) >= 11 is 0. The lowest BCUT2D eigenvalue weighted by Gasteiger charge is -2.04. The van der Waals surface area contributed by atoms with Gasteiger partial charge in [0.2, 0.25) is 0 Å². The Balaban J connectivity index is 0.000000289. The molecule has 35 heavy (non-hydrogen) atoms. The molecule has 0 bridgehead atoms. The van der Waals surface area contributed by atoms with Gasteiger partial charge in [0.1, 0.15) is 11.9 Å². The van der Waals surface area contributed by atoms with Crippen LogP contribution in [0.5, 0.6) is 0 Å². The Morgan fingerprint density at radius 2 is 2.03 bits per heavy atom. The van der Waals surface area contributed by atoms with E-state index in [-0.39, 0.29) is 18.2 Å². The molecule has 0 radical (unpaired) electrons. The van der Waals surface area contributed by atoms with Gasteiger partial charge in [-0.3, -0.25) is 4.79 Å². The molecule has 1 aliphatic carbocycles. The summed E-state index contributed by atoms with van der Waals surface area (Å²) in [5.74, 6) is 3.16. The molecule has 2 aliphatic rings. The standard InChI is InChI=1S/C19H16N4O2.C5H9NO2.C2H6/c1-3-12-6-5-7-14(10-12)23-18-15(16(22-23)19(24)25-4-2)11-20-17(21-18)13-8-9-13;1-6-3-2-4(7)5(6)8;1-2/h1,5-7,10-11,13H,4,8-9H2,2H3;4,7H,2-3H2,1H3;1-2H3. The lowest BCUT2D eigenvalue weighted by molar-refractivity contribution is -0.133. The van der Waals surface area contributed by atoms with E-state index in [1.165, 1.54) is 4.90 Å². The van der Waals surface area contributed by atoms with Crippen molar-refractivity contribution < 1.29 is 19.4 Å². The zero-order chi connectivity index (χ0) is 25.5. The average molecular weight is 478 g/mol. The van der Waals surface area contributed by atoms with Crippen molar-refractivity contribution in [3.8, 4) is 18.0 Å². The van der Waals surface area contributed by atoms with Crippen molar-refractivity contribution in [3.05, 3.63) is 47.5 Å². The zero-order valence-electron chi connectivity index (χ0n) is 20.6. The third kappa shape index (κ3) is 5.84. The van der Waals surface area contributed by atoms with Crippen LogP contribution in [0.15, 0.2) is 30.5 Å². The fraction of sp³-hybridized carbons (Fsp3) is 0.423. The molecule has 5 rings (SSSR count). The number of hydrogen-bond donors (Lipinski definition) is 1. The van der Waals surface area contributed by atoms with Crippen LogP contribution >= 0.6 is 0 Å². The number of carbonyl (C=O) groups excluding carboxylic acids is 2. The summed E-state index contributed by atoms with van der Waals surface area (Å²) in [6, 6.07) is 7.40. The third-order valence-corrected chi connectivity index (χ3v) is 5.51. The number of carbonyl (C=O) groups is 2. The van der Waals surface area contributed by atoms with E-state index in [0.717, 1.165) is 29.9 Å². The summed E-state index contributed by atoms with van der Waals surface area (Å²) in [5.41, 5.74) is 2.28. The number of aliphatic hydroxyl groups is 1. The molecular formula is C26H31N5O4. The van der Waals surface area contributed by atoms with Crippen LogP contribution in [0.1, 0.15) is 67.8 Å². The fourth-order valence-corrected chi connectivity index (χ4v) is 3.52. The van der Waals surface area contributed by atoms with Crippen LogP contribution in [0.2, 0.25) is 0 Å². The molecule has 1 atom stereocenters. The summed E-state index contributed by atoms with van der Waals surface area (Å²) in [4.78, 5) is 33.5. The van der Waals surface area contributed by atoms with E-state index in [4.69, 9.17) is 16.3 Å². The number of terminal acetylenes is 1. The predicted molar refractivity (Wildman–Crippen MR) is 132 cm³/mol. The number of aliphatic hydroxyl groups excluding tert-OH is 1. The topological polar surface area (TPSA) is 110 Å². The van der Waals surface area contributed by atoms with E-state index in [1.807, 2.05) is 38.1 Å². The molecule has 2 aromatic heterocycles. The lowest BCUT2D eigenvalue weighted by atomic mass is 10.2. The molecule has 1 aromatic carbocycles. The molecule has 0 spiro atoms. The van der Waals surface area contributed by atoms with E-state index in [1.54, 1.807) is 24.9 Å².